The summed E-state index contributed by atoms with van der Waals surface area (Å²) in [6, 6.07) is 13.3. The molecular weight excluding hydrogens is 300 g/mol. The Kier molecular flexibility index (Phi) is 6.13. The molecule has 0 saturated heterocycles. The highest BCUT2D eigenvalue weighted by atomic mass is 16.2. The zero-order chi connectivity index (χ0) is 17.5. The summed E-state index contributed by atoms with van der Waals surface area (Å²) in [5, 5.41) is 5.32. The average molecular weight is 324 g/mol. The van der Waals surface area contributed by atoms with Crippen molar-refractivity contribution in [3.8, 4) is 0 Å². The molecule has 0 atom stereocenters. The molecule has 4 nitrogen and oxygen atoms in total. The first-order chi connectivity index (χ1) is 11.5. The van der Waals surface area contributed by atoms with Crippen molar-refractivity contribution < 1.29 is 9.59 Å². The predicted octanol–water partition coefficient (Wildman–Crippen LogP) is 4.22. The standard InChI is InChI=1S/C20H24N2O2/c1-4-5-9-16-10-12-17(13-11-16)21-19(23)20(24)22-18-14(2)7-6-8-15(18)3/h6-8,10-13H,4-5,9H2,1-3H3,(H,21,23)(H,22,24). The number of unbranched alkanes of at least 4 members (excludes halogenated alkanes) is 1. The molecule has 0 radical (unpaired) electrons. The Morgan fingerprint density at radius 2 is 1.46 bits per heavy atom. The molecule has 2 aromatic rings. The lowest BCUT2D eigenvalue weighted by Gasteiger charge is -2.11. The van der Waals surface area contributed by atoms with Crippen LogP contribution >= 0.6 is 0 Å². The third-order valence-electron chi connectivity index (χ3n) is 3.96. The van der Waals surface area contributed by atoms with Crippen molar-refractivity contribution >= 4 is 23.2 Å². The van der Waals surface area contributed by atoms with Gasteiger partial charge in [0.2, 0.25) is 0 Å². The summed E-state index contributed by atoms with van der Waals surface area (Å²) in [5.41, 5.74) is 4.40. The highest BCUT2D eigenvalue weighted by Crippen LogP contribution is 2.19. The molecule has 0 heterocycles. The maximum absolute atomic E-state index is 12.1. The van der Waals surface area contributed by atoms with E-state index >= 15 is 0 Å². The van der Waals surface area contributed by atoms with Crippen molar-refractivity contribution in [1.82, 2.24) is 0 Å². The normalized spacial score (nSPS) is 10.3. The molecule has 0 bridgehead atoms. The van der Waals surface area contributed by atoms with E-state index in [1.165, 1.54) is 5.56 Å². The fourth-order valence-corrected chi connectivity index (χ4v) is 2.51. The number of anilines is 2. The average Bonchev–Trinajstić information content (AvgIpc) is 2.57. The molecule has 0 aliphatic heterocycles. The minimum Gasteiger partial charge on any atom is -0.318 e. The summed E-state index contributed by atoms with van der Waals surface area (Å²) >= 11 is 0. The number of carbonyl (C=O) groups is 2. The fourth-order valence-electron chi connectivity index (χ4n) is 2.51. The molecule has 2 N–H and O–H groups in total. The predicted molar refractivity (Wildman–Crippen MR) is 98.2 cm³/mol. The second kappa shape index (κ2) is 8.29. The van der Waals surface area contributed by atoms with E-state index in [1.54, 1.807) is 0 Å². The van der Waals surface area contributed by atoms with Gasteiger partial charge in [0.05, 0.1) is 0 Å². The maximum Gasteiger partial charge on any atom is 0.314 e. The van der Waals surface area contributed by atoms with Gasteiger partial charge < -0.3 is 10.6 Å². The second-order valence-corrected chi connectivity index (χ2v) is 5.98. The smallest absolute Gasteiger partial charge is 0.314 e. The van der Waals surface area contributed by atoms with Gasteiger partial charge >= 0.3 is 11.8 Å². The van der Waals surface area contributed by atoms with E-state index < -0.39 is 11.8 Å². The third kappa shape index (κ3) is 4.69. The number of para-hydroxylation sites is 1. The number of rotatable bonds is 5. The Balaban J connectivity index is 1.97. The number of hydrogen-bond donors (Lipinski definition) is 2. The lowest BCUT2D eigenvalue weighted by Crippen LogP contribution is -2.29. The molecule has 0 unspecified atom stereocenters. The lowest BCUT2D eigenvalue weighted by atomic mass is 10.1. The van der Waals surface area contributed by atoms with Crippen molar-refractivity contribution in [2.24, 2.45) is 0 Å². The van der Waals surface area contributed by atoms with Gasteiger partial charge in [-0.25, -0.2) is 0 Å². The quantitative estimate of drug-likeness (QED) is 0.809. The van der Waals surface area contributed by atoms with Crippen LogP contribution in [0.2, 0.25) is 0 Å². The number of nitrogens with one attached hydrogen (secondary N) is 2. The molecule has 2 rings (SSSR count). The van der Waals surface area contributed by atoms with Gasteiger partial charge in [-0.3, -0.25) is 9.59 Å². The molecule has 4 heteroatoms. The van der Waals surface area contributed by atoms with Gasteiger partial charge in [0, 0.05) is 11.4 Å². The van der Waals surface area contributed by atoms with Gasteiger partial charge in [-0.1, -0.05) is 43.7 Å². The third-order valence-corrected chi connectivity index (χ3v) is 3.96. The molecule has 0 spiro atoms. The van der Waals surface area contributed by atoms with E-state index in [0.29, 0.717) is 11.4 Å². The molecule has 0 saturated carbocycles. The monoisotopic (exact) mass is 324 g/mol. The van der Waals surface area contributed by atoms with E-state index in [4.69, 9.17) is 0 Å². The van der Waals surface area contributed by atoms with Gasteiger partial charge in [-0.15, -0.1) is 0 Å². The number of aryl methyl sites for hydroxylation is 3. The minimum absolute atomic E-state index is 0.622. The Labute approximate surface area is 143 Å². The van der Waals surface area contributed by atoms with Gasteiger partial charge in [0.25, 0.3) is 0 Å². The summed E-state index contributed by atoms with van der Waals surface area (Å²) in [4.78, 5) is 24.2. The van der Waals surface area contributed by atoms with E-state index in [2.05, 4.69) is 17.6 Å². The largest absolute Gasteiger partial charge is 0.318 e. The van der Waals surface area contributed by atoms with Gasteiger partial charge in [0.15, 0.2) is 0 Å². The van der Waals surface area contributed by atoms with Crippen molar-refractivity contribution in [1.29, 1.82) is 0 Å². The molecule has 24 heavy (non-hydrogen) atoms. The topological polar surface area (TPSA) is 58.2 Å². The van der Waals surface area contributed by atoms with E-state index in [0.717, 1.165) is 30.4 Å². The van der Waals surface area contributed by atoms with Crippen LogP contribution in [0.1, 0.15) is 36.5 Å². The molecule has 2 aromatic carbocycles. The first-order valence-electron chi connectivity index (χ1n) is 8.28. The van der Waals surface area contributed by atoms with Crippen LogP contribution in [-0.2, 0) is 16.0 Å². The summed E-state index contributed by atoms with van der Waals surface area (Å²) < 4.78 is 0. The van der Waals surface area contributed by atoms with Crippen LogP contribution in [0.15, 0.2) is 42.5 Å². The van der Waals surface area contributed by atoms with Gasteiger partial charge in [-0.05, 0) is 55.5 Å². The van der Waals surface area contributed by atoms with Gasteiger partial charge in [0.1, 0.15) is 0 Å². The zero-order valence-electron chi connectivity index (χ0n) is 14.5. The molecule has 2 amide bonds. The van der Waals surface area contributed by atoms with Crippen molar-refractivity contribution in [2.75, 3.05) is 10.6 Å². The van der Waals surface area contributed by atoms with E-state index in [-0.39, 0.29) is 0 Å². The Hall–Kier alpha value is -2.62. The van der Waals surface area contributed by atoms with Crippen LogP contribution in [-0.4, -0.2) is 11.8 Å². The van der Waals surface area contributed by atoms with Crippen molar-refractivity contribution in [3.05, 3.63) is 59.2 Å². The Bertz CT molecular complexity index is 701. The summed E-state index contributed by atoms with van der Waals surface area (Å²) in [7, 11) is 0. The second-order valence-electron chi connectivity index (χ2n) is 5.98. The van der Waals surface area contributed by atoms with Gasteiger partial charge in [-0.2, -0.15) is 0 Å². The molecule has 0 aromatic heterocycles. The summed E-state index contributed by atoms with van der Waals surface area (Å²) in [5.74, 6) is -1.33. The highest BCUT2D eigenvalue weighted by Gasteiger charge is 2.16. The molecule has 0 aliphatic carbocycles. The number of carbonyl (C=O) groups excluding carboxylic acids is 2. The van der Waals surface area contributed by atoms with Crippen LogP contribution in [0.5, 0.6) is 0 Å². The zero-order valence-corrected chi connectivity index (χ0v) is 14.5. The van der Waals surface area contributed by atoms with Crippen molar-refractivity contribution in [3.63, 3.8) is 0 Å². The summed E-state index contributed by atoms with van der Waals surface area (Å²) in [6.07, 6.45) is 3.32. The van der Waals surface area contributed by atoms with E-state index in [1.807, 2.05) is 56.3 Å². The first kappa shape index (κ1) is 17.7. The SMILES string of the molecule is CCCCc1ccc(NC(=O)C(=O)Nc2c(C)cccc2C)cc1. The van der Waals surface area contributed by atoms with Crippen LogP contribution in [0.4, 0.5) is 11.4 Å². The molecule has 0 aliphatic rings. The van der Waals surface area contributed by atoms with Crippen LogP contribution < -0.4 is 10.6 Å². The molecule has 0 fully saturated rings. The highest BCUT2D eigenvalue weighted by molar-refractivity contribution is 6.43. The maximum atomic E-state index is 12.1. The van der Waals surface area contributed by atoms with Crippen molar-refractivity contribution in [2.45, 2.75) is 40.0 Å². The van der Waals surface area contributed by atoms with Crippen LogP contribution in [0, 0.1) is 13.8 Å². The number of amides is 2. The molecular formula is C20H24N2O2. The molecule has 126 valence electrons. The fraction of sp³-hybridized carbons (Fsp3) is 0.300. The first-order valence-corrected chi connectivity index (χ1v) is 8.28. The Morgan fingerprint density at radius 1 is 0.875 bits per heavy atom. The minimum atomic E-state index is -0.668. The number of benzene rings is 2. The summed E-state index contributed by atoms with van der Waals surface area (Å²) in [6.45, 7) is 5.95. The lowest BCUT2D eigenvalue weighted by molar-refractivity contribution is -0.133. The Morgan fingerprint density at radius 3 is 2.04 bits per heavy atom. The number of hydrogen-bond acceptors (Lipinski definition) is 2. The van der Waals surface area contributed by atoms with E-state index in [9.17, 15) is 9.59 Å². The van der Waals surface area contributed by atoms with Crippen LogP contribution in [0.3, 0.4) is 0 Å². The van der Waals surface area contributed by atoms with Crippen LogP contribution in [0.25, 0.3) is 0 Å².